The predicted molar refractivity (Wildman–Crippen MR) is 80.5 cm³/mol. The molecule has 2 heterocycles. The molecule has 20 heavy (non-hydrogen) atoms. The Balaban J connectivity index is 2.14. The van der Waals surface area contributed by atoms with Crippen LogP contribution in [0.15, 0.2) is 40.8 Å². The largest absolute Gasteiger partial charge is 0.459 e. The Hall–Kier alpha value is -2.20. The van der Waals surface area contributed by atoms with Crippen molar-refractivity contribution in [3.63, 3.8) is 0 Å². The van der Waals surface area contributed by atoms with Crippen LogP contribution in [0.5, 0.6) is 0 Å². The minimum Gasteiger partial charge on any atom is -0.459 e. The minimum atomic E-state index is 0.428. The molecule has 0 bridgehead atoms. The number of benzene rings is 1. The SMILES string of the molecule is CCc1ccc(-c2[nH]nc(N)c2-c2cccc(Cl)c2)o1. The van der Waals surface area contributed by atoms with E-state index in [9.17, 15) is 0 Å². The molecule has 3 rings (SSSR count). The second kappa shape index (κ2) is 5.06. The van der Waals surface area contributed by atoms with Gasteiger partial charge in [0.25, 0.3) is 0 Å². The smallest absolute Gasteiger partial charge is 0.153 e. The zero-order valence-corrected chi connectivity index (χ0v) is 11.7. The quantitative estimate of drug-likeness (QED) is 0.761. The van der Waals surface area contributed by atoms with Gasteiger partial charge in [-0.1, -0.05) is 30.7 Å². The topological polar surface area (TPSA) is 67.8 Å². The van der Waals surface area contributed by atoms with Gasteiger partial charge in [-0.25, -0.2) is 0 Å². The molecule has 0 spiro atoms. The first-order valence-corrected chi connectivity index (χ1v) is 6.75. The Morgan fingerprint density at radius 1 is 1.30 bits per heavy atom. The van der Waals surface area contributed by atoms with E-state index in [1.807, 2.05) is 43.3 Å². The van der Waals surface area contributed by atoms with Gasteiger partial charge in [-0.15, -0.1) is 0 Å². The molecule has 0 radical (unpaired) electrons. The third-order valence-corrected chi connectivity index (χ3v) is 3.40. The Kier molecular flexibility index (Phi) is 3.24. The summed E-state index contributed by atoms with van der Waals surface area (Å²) in [5.74, 6) is 2.07. The number of furan rings is 1. The summed E-state index contributed by atoms with van der Waals surface area (Å²) in [5.41, 5.74) is 8.46. The normalized spacial score (nSPS) is 10.9. The second-order valence-electron chi connectivity index (χ2n) is 4.49. The summed E-state index contributed by atoms with van der Waals surface area (Å²) in [6.45, 7) is 2.04. The maximum absolute atomic E-state index is 6.04. The van der Waals surface area contributed by atoms with Gasteiger partial charge in [0.15, 0.2) is 11.6 Å². The van der Waals surface area contributed by atoms with Crippen LogP contribution in [0.25, 0.3) is 22.6 Å². The number of nitrogens with one attached hydrogen (secondary N) is 1. The summed E-state index contributed by atoms with van der Waals surface area (Å²) in [7, 11) is 0. The van der Waals surface area contributed by atoms with Crippen molar-refractivity contribution in [3.8, 4) is 22.6 Å². The van der Waals surface area contributed by atoms with Crippen LogP contribution in [0.2, 0.25) is 5.02 Å². The van der Waals surface area contributed by atoms with Crippen LogP contribution < -0.4 is 5.73 Å². The number of anilines is 1. The van der Waals surface area contributed by atoms with Crippen LogP contribution in [0.4, 0.5) is 5.82 Å². The zero-order chi connectivity index (χ0) is 14.1. The molecule has 1 aromatic carbocycles. The van der Waals surface area contributed by atoms with Crippen molar-refractivity contribution in [2.45, 2.75) is 13.3 Å². The van der Waals surface area contributed by atoms with E-state index in [-0.39, 0.29) is 0 Å². The van der Waals surface area contributed by atoms with E-state index < -0.39 is 0 Å². The van der Waals surface area contributed by atoms with Crippen molar-refractivity contribution in [1.82, 2.24) is 10.2 Å². The van der Waals surface area contributed by atoms with Crippen LogP contribution in [-0.2, 0) is 6.42 Å². The molecule has 0 atom stereocenters. The average Bonchev–Trinajstić information content (AvgIpc) is 3.04. The number of nitrogens with two attached hydrogens (primary N) is 1. The number of aromatic amines is 1. The number of hydrogen-bond acceptors (Lipinski definition) is 3. The summed E-state index contributed by atoms with van der Waals surface area (Å²) in [4.78, 5) is 0. The lowest BCUT2D eigenvalue weighted by molar-refractivity contribution is 0.527. The number of aromatic nitrogens is 2. The highest BCUT2D eigenvalue weighted by atomic mass is 35.5. The highest BCUT2D eigenvalue weighted by Gasteiger charge is 2.17. The van der Waals surface area contributed by atoms with E-state index >= 15 is 0 Å². The van der Waals surface area contributed by atoms with Crippen molar-refractivity contribution >= 4 is 17.4 Å². The van der Waals surface area contributed by atoms with Crippen LogP contribution in [0, 0.1) is 0 Å². The molecule has 0 fully saturated rings. The monoisotopic (exact) mass is 287 g/mol. The molecule has 3 N–H and O–H groups in total. The molecule has 3 aromatic rings. The maximum atomic E-state index is 6.04. The van der Waals surface area contributed by atoms with Crippen molar-refractivity contribution in [2.75, 3.05) is 5.73 Å². The number of rotatable bonds is 3. The van der Waals surface area contributed by atoms with E-state index in [1.54, 1.807) is 0 Å². The number of aryl methyl sites for hydroxylation is 1. The Morgan fingerprint density at radius 2 is 2.15 bits per heavy atom. The first kappa shape index (κ1) is 12.8. The van der Waals surface area contributed by atoms with Gasteiger partial charge in [0, 0.05) is 11.4 Å². The number of nitrogens with zero attached hydrogens (tertiary/aromatic N) is 1. The van der Waals surface area contributed by atoms with Crippen molar-refractivity contribution < 1.29 is 4.42 Å². The van der Waals surface area contributed by atoms with Gasteiger partial charge < -0.3 is 10.2 Å². The van der Waals surface area contributed by atoms with Crippen molar-refractivity contribution in [1.29, 1.82) is 0 Å². The zero-order valence-electron chi connectivity index (χ0n) is 11.0. The third kappa shape index (κ3) is 2.18. The van der Waals surface area contributed by atoms with Gasteiger partial charge in [0.05, 0.1) is 5.56 Å². The van der Waals surface area contributed by atoms with E-state index in [0.717, 1.165) is 34.8 Å². The van der Waals surface area contributed by atoms with Crippen molar-refractivity contribution in [2.24, 2.45) is 0 Å². The van der Waals surface area contributed by atoms with Crippen LogP contribution in [-0.4, -0.2) is 10.2 Å². The molecular formula is C15H14ClN3O. The number of halogens is 1. The molecule has 0 aliphatic rings. The van der Waals surface area contributed by atoms with Crippen LogP contribution >= 0.6 is 11.6 Å². The summed E-state index contributed by atoms with van der Waals surface area (Å²) in [5, 5.41) is 7.67. The number of H-pyrrole nitrogens is 1. The lowest BCUT2D eigenvalue weighted by Crippen LogP contribution is -1.88. The molecule has 0 saturated carbocycles. The molecule has 4 nitrogen and oxygen atoms in total. The first-order valence-electron chi connectivity index (χ1n) is 6.38. The number of nitrogen functional groups attached to an aromatic ring is 1. The Bertz CT molecular complexity index is 745. The highest BCUT2D eigenvalue weighted by Crippen LogP contribution is 2.36. The van der Waals surface area contributed by atoms with Gasteiger partial charge in [0.2, 0.25) is 0 Å². The fourth-order valence-electron chi connectivity index (χ4n) is 2.17. The molecular weight excluding hydrogens is 274 g/mol. The van der Waals surface area contributed by atoms with Crippen LogP contribution in [0.3, 0.4) is 0 Å². The maximum Gasteiger partial charge on any atom is 0.153 e. The van der Waals surface area contributed by atoms with E-state index in [2.05, 4.69) is 10.2 Å². The Morgan fingerprint density at radius 3 is 2.85 bits per heavy atom. The van der Waals surface area contributed by atoms with E-state index in [1.165, 1.54) is 0 Å². The summed E-state index contributed by atoms with van der Waals surface area (Å²) >= 11 is 6.04. The molecule has 0 saturated heterocycles. The molecule has 102 valence electrons. The Labute approximate surface area is 121 Å². The van der Waals surface area contributed by atoms with E-state index in [0.29, 0.717) is 10.8 Å². The lowest BCUT2D eigenvalue weighted by atomic mass is 10.0. The van der Waals surface area contributed by atoms with Crippen LogP contribution in [0.1, 0.15) is 12.7 Å². The molecule has 0 amide bonds. The van der Waals surface area contributed by atoms with Gasteiger partial charge >= 0.3 is 0 Å². The summed E-state index contributed by atoms with van der Waals surface area (Å²) in [6.07, 6.45) is 0.843. The van der Waals surface area contributed by atoms with Gasteiger partial charge in [-0.2, -0.15) is 5.10 Å². The molecule has 5 heteroatoms. The highest BCUT2D eigenvalue weighted by molar-refractivity contribution is 6.30. The fraction of sp³-hybridized carbons (Fsp3) is 0.133. The van der Waals surface area contributed by atoms with Gasteiger partial charge in [-0.3, -0.25) is 5.10 Å². The number of hydrogen-bond donors (Lipinski definition) is 2. The summed E-state index contributed by atoms with van der Waals surface area (Å²) < 4.78 is 5.76. The fourth-order valence-corrected chi connectivity index (χ4v) is 2.36. The first-order chi connectivity index (χ1) is 9.69. The molecule has 2 aromatic heterocycles. The van der Waals surface area contributed by atoms with Gasteiger partial charge in [0.1, 0.15) is 11.5 Å². The average molecular weight is 288 g/mol. The molecule has 0 aliphatic carbocycles. The molecule has 0 unspecified atom stereocenters. The summed E-state index contributed by atoms with van der Waals surface area (Å²) in [6, 6.07) is 11.4. The minimum absolute atomic E-state index is 0.428. The standard InChI is InChI=1S/C15H14ClN3O/c1-2-11-6-7-12(20-11)14-13(15(17)19-18-14)9-4-3-5-10(16)8-9/h3-8H,2H2,1H3,(H3,17,18,19). The van der Waals surface area contributed by atoms with E-state index in [4.69, 9.17) is 21.8 Å². The predicted octanol–water partition coefficient (Wildman–Crippen LogP) is 4.13. The second-order valence-corrected chi connectivity index (χ2v) is 4.93. The third-order valence-electron chi connectivity index (χ3n) is 3.16. The van der Waals surface area contributed by atoms with Crippen molar-refractivity contribution in [3.05, 3.63) is 47.2 Å². The molecule has 0 aliphatic heterocycles. The van der Waals surface area contributed by atoms with Gasteiger partial charge in [-0.05, 0) is 29.8 Å². The lowest BCUT2D eigenvalue weighted by Gasteiger charge is -2.03.